The molecule has 0 spiro atoms. The first-order chi connectivity index (χ1) is 13.1. The van der Waals surface area contributed by atoms with E-state index < -0.39 is 0 Å². The fourth-order valence-corrected chi connectivity index (χ4v) is 4.26. The Bertz CT molecular complexity index is 779. The van der Waals surface area contributed by atoms with Crippen molar-refractivity contribution in [2.45, 2.75) is 32.2 Å². The maximum atomic E-state index is 12.9. The number of hydrogen-bond donors (Lipinski definition) is 1. The highest BCUT2D eigenvalue weighted by Gasteiger charge is 2.39. The highest BCUT2D eigenvalue weighted by atomic mass is 32.1. The van der Waals surface area contributed by atoms with Gasteiger partial charge >= 0.3 is 0 Å². The Morgan fingerprint density at radius 1 is 1.44 bits per heavy atom. The van der Waals surface area contributed by atoms with Gasteiger partial charge in [-0.3, -0.25) is 9.59 Å². The smallest absolute Gasteiger partial charge is 0.225 e. The largest absolute Gasteiger partial charge is 0.497 e. The van der Waals surface area contributed by atoms with E-state index in [9.17, 15) is 9.59 Å². The number of amides is 2. The van der Waals surface area contributed by atoms with Gasteiger partial charge in [-0.2, -0.15) is 0 Å². The van der Waals surface area contributed by atoms with Crippen molar-refractivity contribution in [3.8, 4) is 5.75 Å². The number of benzene rings is 1. The zero-order valence-corrected chi connectivity index (χ0v) is 16.5. The van der Waals surface area contributed by atoms with Gasteiger partial charge in [0, 0.05) is 37.5 Å². The van der Waals surface area contributed by atoms with Gasteiger partial charge in [0.15, 0.2) is 0 Å². The van der Waals surface area contributed by atoms with E-state index in [0.717, 1.165) is 22.7 Å². The molecule has 1 N–H and O–H groups in total. The lowest BCUT2D eigenvalue weighted by atomic mass is 9.83. The van der Waals surface area contributed by atoms with Crippen LogP contribution in [0.4, 0.5) is 0 Å². The van der Waals surface area contributed by atoms with Gasteiger partial charge in [0.25, 0.3) is 0 Å². The molecule has 0 aliphatic carbocycles. The third-order valence-electron chi connectivity index (χ3n) is 4.94. The highest BCUT2D eigenvalue weighted by Crippen LogP contribution is 2.37. The number of carbonyl (C=O) groups is 2. The Kier molecular flexibility index (Phi) is 6.45. The Balaban J connectivity index is 1.77. The molecular weight excluding hydrogens is 362 g/mol. The van der Waals surface area contributed by atoms with Crippen molar-refractivity contribution in [3.05, 3.63) is 46.4 Å². The van der Waals surface area contributed by atoms with E-state index in [1.807, 2.05) is 41.5 Å². The van der Waals surface area contributed by atoms with Crippen molar-refractivity contribution in [2.75, 3.05) is 20.2 Å². The first kappa shape index (κ1) is 19.4. The molecule has 1 fully saturated rings. The zero-order chi connectivity index (χ0) is 19.2. The van der Waals surface area contributed by atoms with Gasteiger partial charge in [-0.25, -0.2) is 4.98 Å². The second kappa shape index (κ2) is 8.99. The van der Waals surface area contributed by atoms with Crippen LogP contribution in [0.25, 0.3) is 0 Å². The Hall–Kier alpha value is -2.41. The third kappa shape index (κ3) is 4.47. The number of piperidine rings is 1. The van der Waals surface area contributed by atoms with E-state index >= 15 is 0 Å². The lowest BCUT2D eigenvalue weighted by Gasteiger charge is -2.40. The minimum Gasteiger partial charge on any atom is -0.497 e. The van der Waals surface area contributed by atoms with E-state index in [1.165, 1.54) is 0 Å². The molecule has 0 radical (unpaired) electrons. The summed E-state index contributed by atoms with van der Waals surface area (Å²) in [5.74, 6) is 0.540. The van der Waals surface area contributed by atoms with Crippen LogP contribution in [0.5, 0.6) is 5.75 Å². The molecule has 144 valence electrons. The lowest BCUT2D eigenvalue weighted by molar-refractivity contribution is -0.143. The van der Waals surface area contributed by atoms with Crippen molar-refractivity contribution in [2.24, 2.45) is 5.92 Å². The van der Waals surface area contributed by atoms with E-state index in [4.69, 9.17) is 4.74 Å². The number of nitrogens with zero attached hydrogens (tertiary/aromatic N) is 2. The number of ether oxygens (including phenoxy) is 1. The average Bonchev–Trinajstić information content (AvgIpc) is 3.21. The Morgan fingerprint density at radius 2 is 2.30 bits per heavy atom. The number of nitrogens with one attached hydrogen (secondary N) is 1. The first-order valence-corrected chi connectivity index (χ1v) is 10.1. The van der Waals surface area contributed by atoms with Crippen molar-refractivity contribution in [1.82, 2.24) is 15.2 Å². The van der Waals surface area contributed by atoms with Crippen LogP contribution in [-0.2, 0) is 16.0 Å². The second-order valence-electron chi connectivity index (χ2n) is 6.51. The van der Waals surface area contributed by atoms with Crippen LogP contribution in [0.2, 0.25) is 0 Å². The topological polar surface area (TPSA) is 71.5 Å². The molecule has 1 saturated heterocycles. The molecule has 2 atom stereocenters. The van der Waals surface area contributed by atoms with Crippen LogP contribution in [0.15, 0.2) is 35.8 Å². The summed E-state index contributed by atoms with van der Waals surface area (Å²) in [6.07, 6.45) is 3.45. The summed E-state index contributed by atoms with van der Waals surface area (Å²) in [4.78, 5) is 31.4. The molecule has 6 nitrogen and oxygen atoms in total. The first-order valence-electron chi connectivity index (χ1n) is 9.23. The van der Waals surface area contributed by atoms with Crippen LogP contribution in [0, 0.1) is 5.92 Å². The van der Waals surface area contributed by atoms with E-state index in [0.29, 0.717) is 25.9 Å². The summed E-state index contributed by atoms with van der Waals surface area (Å²) in [6.45, 7) is 3.07. The molecule has 1 aromatic heterocycles. The van der Waals surface area contributed by atoms with Gasteiger partial charge in [-0.1, -0.05) is 12.1 Å². The van der Waals surface area contributed by atoms with Crippen LogP contribution in [-0.4, -0.2) is 41.9 Å². The van der Waals surface area contributed by atoms with Crippen molar-refractivity contribution in [3.63, 3.8) is 0 Å². The number of rotatable bonds is 7. The number of hydrogen-bond acceptors (Lipinski definition) is 5. The van der Waals surface area contributed by atoms with Gasteiger partial charge < -0.3 is 15.0 Å². The normalized spacial score (nSPS) is 19.8. The molecule has 0 bridgehead atoms. The van der Waals surface area contributed by atoms with Gasteiger partial charge in [-0.05, 0) is 31.0 Å². The molecule has 27 heavy (non-hydrogen) atoms. The monoisotopic (exact) mass is 387 g/mol. The maximum absolute atomic E-state index is 12.9. The molecule has 7 heteroatoms. The fourth-order valence-electron chi connectivity index (χ4n) is 3.64. The molecule has 1 aromatic carbocycles. The summed E-state index contributed by atoms with van der Waals surface area (Å²) >= 11 is 1.59. The predicted octanol–water partition coefficient (Wildman–Crippen LogP) is 2.81. The molecule has 1 aliphatic heterocycles. The molecule has 1 aliphatic rings. The molecule has 2 heterocycles. The maximum Gasteiger partial charge on any atom is 0.225 e. The quantitative estimate of drug-likeness (QED) is 0.793. The van der Waals surface area contributed by atoms with Gasteiger partial charge in [0.05, 0.1) is 24.1 Å². The third-order valence-corrected chi connectivity index (χ3v) is 5.78. The summed E-state index contributed by atoms with van der Waals surface area (Å²) in [7, 11) is 1.62. The predicted molar refractivity (Wildman–Crippen MR) is 105 cm³/mol. The number of methoxy groups -OCH3 is 1. The molecular formula is C20H25N3O3S. The summed E-state index contributed by atoms with van der Waals surface area (Å²) in [5, 5.41) is 5.98. The number of likely N-dealkylation sites (tertiary alicyclic amines) is 1. The van der Waals surface area contributed by atoms with Gasteiger partial charge in [0.1, 0.15) is 5.75 Å². The average molecular weight is 388 g/mol. The molecule has 0 saturated carbocycles. The number of thiazole rings is 1. The van der Waals surface area contributed by atoms with Gasteiger partial charge in [0.2, 0.25) is 11.8 Å². The molecule has 2 aromatic rings. The van der Waals surface area contributed by atoms with Crippen LogP contribution in [0.1, 0.15) is 36.4 Å². The summed E-state index contributed by atoms with van der Waals surface area (Å²) < 4.78 is 5.33. The van der Waals surface area contributed by atoms with Crippen molar-refractivity contribution in [1.29, 1.82) is 0 Å². The molecule has 0 unspecified atom stereocenters. The minimum absolute atomic E-state index is 0.00896. The highest BCUT2D eigenvalue weighted by molar-refractivity contribution is 7.09. The number of carbonyl (C=O) groups excluding carboxylic acids is 2. The van der Waals surface area contributed by atoms with Crippen LogP contribution in [0.3, 0.4) is 0 Å². The van der Waals surface area contributed by atoms with Crippen molar-refractivity contribution >= 4 is 23.2 Å². The van der Waals surface area contributed by atoms with E-state index in [-0.39, 0.29) is 23.8 Å². The zero-order valence-electron chi connectivity index (χ0n) is 15.7. The Morgan fingerprint density at radius 3 is 3.00 bits per heavy atom. The lowest BCUT2D eigenvalue weighted by Crippen LogP contribution is -2.48. The summed E-state index contributed by atoms with van der Waals surface area (Å²) in [6, 6.07) is 7.38. The van der Waals surface area contributed by atoms with Gasteiger partial charge in [-0.15, -0.1) is 11.3 Å². The Labute approximate surface area is 163 Å². The van der Waals surface area contributed by atoms with E-state index in [1.54, 1.807) is 24.6 Å². The minimum atomic E-state index is -0.272. The fraction of sp³-hybridized carbons (Fsp3) is 0.450. The molecule has 3 rings (SSSR count). The van der Waals surface area contributed by atoms with E-state index in [2.05, 4.69) is 10.3 Å². The number of aromatic nitrogens is 1. The summed E-state index contributed by atoms with van der Waals surface area (Å²) in [5.41, 5.74) is 0.935. The SMILES string of the molecule is CCN1C(=O)CC[C@@H](C(=O)NCCc2nccs2)[C@@H]1c1cccc(OC)c1. The van der Waals surface area contributed by atoms with Crippen LogP contribution < -0.4 is 10.1 Å². The van der Waals surface area contributed by atoms with Crippen molar-refractivity contribution < 1.29 is 14.3 Å². The second-order valence-corrected chi connectivity index (χ2v) is 7.49. The van der Waals surface area contributed by atoms with Crippen LogP contribution >= 0.6 is 11.3 Å². The molecule has 2 amide bonds. The standard InChI is InChI=1S/C20H25N3O3S/c1-3-23-18(24)8-7-16(19(23)14-5-4-6-15(13-14)26-2)20(25)22-10-9-17-21-11-12-27-17/h4-6,11-13,16,19H,3,7-10H2,1-2H3,(H,22,25)/t16-,19+/m1/s1.